The van der Waals surface area contributed by atoms with Crippen LogP contribution in [0.2, 0.25) is 0 Å². The zero-order chi connectivity index (χ0) is 12.0. The molecule has 1 saturated carbocycles. The van der Waals surface area contributed by atoms with Gasteiger partial charge in [-0.1, -0.05) is 0 Å². The van der Waals surface area contributed by atoms with E-state index < -0.39 is 19.5 Å². The first-order chi connectivity index (χ1) is 7.67. The van der Waals surface area contributed by atoms with Gasteiger partial charge < -0.3 is 14.2 Å². The minimum atomic E-state index is -1.21. The van der Waals surface area contributed by atoms with E-state index in [-0.39, 0.29) is 11.9 Å². The molecule has 0 atom stereocenters. The molecule has 4 nitrogen and oxygen atoms in total. The molecule has 0 unspecified atom stereocenters. The van der Waals surface area contributed by atoms with Crippen molar-refractivity contribution in [2.45, 2.75) is 31.5 Å². The van der Waals surface area contributed by atoms with Gasteiger partial charge in [0, 0.05) is 12.8 Å². The molecule has 0 aromatic heterocycles. The van der Waals surface area contributed by atoms with E-state index in [1.807, 2.05) is 0 Å². The van der Waals surface area contributed by atoms with Crippen molar-refractivity contribution in [3.8, 4) is 0 Å². The van der Waals surface area contributed by atoms with Crippen LogP contribution in [0.1, 0.15) is 25.7 Å². The second-order valence-electron chi connectivity index (χ2n) is 3.72. The van der Waals surface area contributed by atoms with E-state index in [4.69, 9.17) is 9.47 Å². The van der Waals surface area contributed by atoms with Crippen molar-refractivity contribution in [3.63, 3.8) is 0 Å². The van der Waals surface area contributed by atoms with Crippen molar-refractivity contribution < 1.29 is 27.8 Å². The van der Waals surface area contributed by atoms with Gasteiger partial charge in [0.05, 0.1) is 13.0 Å². The normalized spacial score (nSPS) is 20.7. The lowest BCUT2D eigenvalue weighted by molar-refractivity contribution is -0.282. The van der Waals surface area contributed by atoms with Crippen molar-refractivity contribution >= 4 is 5.97 Å². The Bertz CT molecular complexity index is 219. The van der Waals surface area contributed by atoms with Crippen molar-refractivity contribution in [1.29, 1.82) is 0 Å². The monoisotopic (exact) mass is 238 g/mol. The van der Waals surface area contributed by atoms with Crippen LogP contribution in [0, 0.1) is 5.92 Å². The molecule has 1 aliphatic rings. The average Bonchev–Trinajstić information content (AvgIpc) is 2.30. The van der Waals surface area contributed by atoms with Crippen LogP contribution in [0.5, 0.6) is 0 Å². The number of carbonyl (C=O) groups excluding carboxylic acids is 1. The number of hydrogen-bond donors (Lipinski definition) is 0. The Morgan fingerprint density at radius 3 is 2.12 bits per heavy atom. The first-order valence-corrected chi connectivity index (χ1v) is 5.15. The van der Waals surface area contributed by atoms with Gasteiger partial charge in [-0.3, -0.25) is 4.79 Å². The standard InChI is InChI=1S/C10H16F2O4/c1-14-9(13)8-2-4-10(5-3-8,15-6-11)16-7-12/h8H,2-7H2,1H3. The molecule has 0 spiro atoms. The summed E-state index contributed by atoms with van der Waals surface area (Å²) in [6, 6.07) is 0. The van der Waals surface area contributed by atoms with E-state index in [9.17, 15) is 13.6 Å². The zero-order valence-corrected chi connectivity index (χ0v) is 9.21. The fourth-order valence-corrected chi connectivity index (χ4v) is 1.99. The predicted octanol–water partition coefficient (Wildman–Crippen LogP) is 1.93. The van der Waals surface area contributed by atoms with Gasteiger partial charge in [-0.15, -0.1) is 0 Å². The molecule has 0 heterocycles. The molecular formula is C10H16F2O4. The van der Waals surface area contributed by atoms with Crippen molar-refractivity contribution in [3.05, 3.63) is 0 Å². The highest BCUT2D eigenvalue weighted by molar-refractivity contribution is 5.72. The Hall–Kier alpha value is -0.750. The molecule has 0 aromatic carbocycles. The molecule has 0 aliphatic heterocycles. The Kier molecular flexibility index (Phi) is 5.08. The summed E-state index contributed by atoms with van der Waals surface area (Å²) in [5.41, 5.74) is 0. The number of rotatable bonds is 5. The highest BCUT2D eigenvalue weighted by Gasteiger charge is 2.39. The molecular weight excluding hydrogens is 222 g/mol. The molecule has 0 saturated heterocycles. The van der Waals surface area contributed by atoms with Gasteiger partial charge in [-0.05, 0) is 12.8 Å². The van der Waals surface area contributed by atoms with E-state index in [1.165, 1.54) is 7.11 Å². The number of halogens is 2. The molecule has 0 bridgehead atoms. The maximum Gasteiger partial charge on any atom is 0.308 e. The largest absolute Gasteiger partial charge is 0.469 e. The molecule has 0 radical (unpaired) electrons. The Morgan fingerprint density at radius 1 is 1.25 bits per heavy atom. The quantitative estimate of drug-likeness (QED) is 0.542. The number of ether oxygens (including phenoxy) is 3. The molecule has 1 fully saturated rings. The van der Waals surface area contributed by atoms with E-state index in [1.54, 1.807) is 0 Å². The van der Waals surface area contributed by atoms with Crippen LogP contribution >= 0.6 is 0 Å². The van der Waals surface area contributed by atoms with Gasteiger partial charge >= 0.3 is 5.97 Å². The first-order valence-electron chi connectivity index (χ1n) is 5.15. The Morgan fingerprint density at radius 2 is 1.75 bits per heavy atom. The molecule has 0 N–H and O–H groups in total. The number of carbonyl (C=O) groups is 1. The van der Waals surface area contributed by atoms with Gasteiger partial charge in [0.2, 0.25) is 0 Å². The lowest BCUT2D eigenvalue weighted by Crippen LogP contribution is -2.41. The van der Waals surface area contributed by atoms with Gasteiger partial charge in [0.15, 0.2) is 19.5 Å². The number of methoxy groups -OCH3 is 1. The highest BCUT2D eigenvalue weighted by atomic mass is 19.1. The topological polar surface area (TPSA) is 44.8 Å². The average molecular weight is 238 g/mol. The minimum absolute atomic E-state index is 0.232. The van der Waals surface area contributed by atoms with E-state index in [2.05, 4.69) is 4.74 Å². The lowest BCUT2D eigenvalue weighted by Gasteiger charge is -2.37. The van der Waals surface area contributed by atoms with Gasteiger partial charge in [-0.2, -0.15) is 0 Å². The Labute approximate surface area is 92.9 Å². The molecule has 0 aromatic rings. The molecule has 0 amide bonds. The van der Waals surface area contributed by atoms with Crippen LogP contribution in [0.3, 0.4) is 0 Å². The molecule has 16 heavy (non-hydrogen) atoms. The van der Waals surface area contributed by atoms with Crippen molar-refractivity contribution in [2.75, 3.05) is 20.8 Å². The minimum Gasteiger partial charge on any atom is -0.469 e. The SMILES string of the molecule is COC(=O)C1CCC(OCF)(OCF)CC1. The second kappa shape index (κ2) is 6.10. The smallest absolute Gasteiger partial charge is 0.308 e. The lowest BCUT2D eigenvalue weighted by atomic mass is 9.85. The van der Waals surface area contributed by atoms with Crippen LogP contribution in [0.15, 0.2) is 0 Å². The maximum absolute atomic E-state index is 12.2. The van der Waals surface area contributed by atoms with Crippen LogP contribution < -0.4 is 0 Å². The van der Waals surface area contributed by atoms with Gasteiger partial charge in [0.1, 0.15) is 0 Å². The third-order valence-corrected chi connectivity index (χ3v) is 2.92. The van der Waals surface area contributed by atoms with Crippen molar-refractivity contribution in [1.82, 2.24) is 0 Å². The van der Waals surface area contributed by atoms with E-state index in [0.717, 1.165) is 0 Å². The molecule has 1 rings (SSSR count). The van der Waals surface area contributed by atoms with Crippen LogP contribution in [0.25, 0.3) is 0 Å². The zero-order valence-electron chi connectivity index (χ0n) is 9.21. The van der Waals surface area contributed by atoms with E-state index >= 15 is 0 Å². The van der Waals surface area contributed by atoms with Gasteiger partial charge in [-0.25, -0.2) is 8.78 Å². The third kappa shape index (κ3) is 3.12. The van der Waals surface area contributed by atoms with Gasteiger partial charge in [0.25, 0.3) is 0 Å². The Balaban J connectivity index is 2.51. The summed E-state index contributed by atoms with van der Waals surface area (Å²) < 4.78 is 38.5. The molecule has 94 valence electrons. The van der Waals surface area contributed by atoms with Crippen molar-refractivity contribution in [2.24, 2.45) is 5.92 Å². The summed E-state index contributed by atoms with van der Waals surface area (Å²) in [6.07, 6.45) is 1.49. The first kappa shape index (κ1) is 13.3. The third-order valence-electron chi connectivity index (χ3n) is 2.92. The molecule has 6 heteroatoms. The van der Waals surface area contributed by atoms with Crippen LogP contribution in [-0.2, 0) is 19.0 Å². The molecule has 1 aliphatic carbocycles. The predicted molar refractivity (Wildman–Crippen MR) is 50.8 cm³/mol. The summed E-state index contributed by atoms with van der Waals surface area (Å²) in [5, 5.41) is 0. The number of esters is 1. The van der Waals surface area contributed by atoms with Crippen LogP contribution in [-0.4, -0.2) is 32.6 Å². The van der Waals surface area contributed by atoms with E-state index in [0.29, 0.717) is 25.7 Å². The summed E-state index contributed by atoms with van der Waals surface area (Å²) >= 11 is 0. The fraction of sp³-hybridized carbons (Fsp3) is 0.900. The summed E-state index contributed by atoms with van der Waals surface area (Å²) in [5.74, 6) is -1.74. The highest BCUT2D eigenvalue weighted by Crippen LogP contribution is 2.36. The summed E-state index contributed by atoms with van der Waals surface area (Å²) in [6.45, 7) is -2.05. The summed E-state index contributed by atoms with van der Waals surface area (Å²) in [7, 11) is 1.32. The summed E-state index contributed by atoms with van der Waals surface area (Å²) in [4.78, 5) is 11.2. The second-order valence-corrected chi connectivity index (χ2v) is 3.72. The number of alkyl halides is 2. The van der Waals surface area contributed by atoms with Crippen LogP contribution in [0.4, 0.5) is 8.78 Å². The number of hydrogen-bond acceptors (Lipinski definition) is 4. The fourth-order valence-electron chi connectivity index (χ4n) is 1.99. The maximum atomic E-state index is 12.2.